The van der Waals surface area contributed by atoms with Crippen molar-refractivity contribution in [3.05, 3.63) is 24.3 Å². The average Bonchev–Trinajstić information content (AvgIpc) is 2.48. The second-order valence-corrected chi connectivity index (χ2v) is 4.87. The molecule has 1 N–H and O–H groups in total. The Hall–Kier alpha value is -1.95. The van der Waals surface area contributed by atoms with E-state index >= 15 is 0 Å². The lowest BCUT2D eigenvalue weighted by molar-refractivity contribution is 0.131. The summed E-state index contributed by atoms with van der Waals surface area (Å²) in [6.07, 6.45) is -1.42. The van der Waals surface area contributed by atoms with Crippen LogP contribution in [0.15, 0.2) is 24.3 Å². The zero-order valence-corrected chi connectivity index (χ0v) is 13.7. The van der Waals surface area contributed by atoms with Crippen molar-refractivity contribution >= 4 is 29.5 Å². The Kier molecular flexibility index (Phi) is 7.52. The first-order valence-corrected chi connectivity index (χ1v) is 7.64. The van der Waals surface area contributed by atoms with Crippen LogP contribution < -0.4 is 10.1 Å². The Morgan fingerprint density at radius 3 is 2.59 bits per heavy atom. The van der Waals surface area contributed by atoms with E-state index in [0.29, 0.717) is 24.5 Å². The summed E-state index contributed by atoms with van der Waals surface area (Å²) in [5, 5.41) is 2.55. The van der Waals surface area contributed by atoms with Gasteiger partial charge in [0.2, 0.25) is 0 Å². The Balaban J connectivity index is 2.66. The van der Waals surface area contributed by atoms with Crippen LogP contribution in [0, 0.1) is 0 Å². The third kappa shape index (κ3) is 5.81. The standard InChI is InChI=1S/C15H21ClN2O4/c1-4-18(5-2)15(20)22-13-8-6-7-12(9-13)17-14(19)21-11(3)10-16/h6-9,11H,4-5,10H2,1-3H3,(H,17,19). The van der Waals surface area contributed by atoms with Crippen molar-refractivity contribution in [3.63, 3.8) is 0 Å². The molecule has 1 rings (SSSR count). The van der Waals surface area contributed by atoms with E-state index in [4.69, 9.17) is 21.1 Å². The third-order valence-electron chi connectivity index (χ3n) is 2.83. The molecule has 0 radical (unpaired) electrons. The van der Waals surface area contributed by atoms with Gasteiger partial charge >= 0.3 is 12.2 Å². The minimum absolute atomic E-state index is 0.217. The first-order valence-electron chi connectivity index (χ1n) is 7.10. The zero-order valence-electron chi connectivity index (χ0n) is 13.0. The molecule has 6 nitrogen and oxygen atoms in total. The fraction of sp³-hybridized carbons (Fsp3) is 0.467. The number of amides is 2. The fourth-order valence-electron chi connectivity index (χ4n) is 1.65. The minimum Gasteiger partial charge on any atom is -0.445 e. The van der Waals surface area contributed by atoms with Gasteiger partial charge in [0, 0.05) is 24.8 Å². The number of rotatable bonds is 6. The number of hydrogen-bond acceptors (Lipinski definition) is 4. The number of benzene rings is 1. The van der Waals surface area contributed by atoms with Crippen molar-refractivity contribution in [2.75, 3.05) is 24.3 Å². The van der Waals surface area contributed by atoms with Crippen LogP contribution >= 0.6 is 11.6 Å². The minimum atomic E-state index is -0.611. The van der Waals surface area contributed by atoms with Crippen LogP contribution in [0.1, 0.15) is 20.8 Å². The Bertz CT molecular complexity index is 506. The van der Waals surface area contributed by atoms with E-state index in [2.05, 4.69) is 5.32 Å². The Morgan fingerprint density at radius 1 is 1.32 bits per heavy atom. The lowest BCUT2D eigenvalue weighted by Gasteiger charge is -2.18. The summed E-state index contributed by atoms with van der Waals surface area (Å²) in [7, 11) is 0. The van der Waals surface area contributed by atoms with Crippen LogP contribution in [-0.2, 0) is 4.74 Å². The number of carbonyl (C=O) groups is 2. The number of alkyl halides is 1. The molecule has 1 atom stereocenters. The van der Waals surface area contributed by atoms with E-state index < -0.39 is 12.2 Å². The second-order valence-electron chi connectivity index (χ2n) is 4.56. The highest BCUT2D eigenvalue weighted by molar-refractivity contribution is 6.18. The van der Waals surface area contributed by atoms with Crippen molar-refractivity contribution in [2.24, 2.45) is 0 Å². The van der Waals surface area contributed by atoms with E-state index in [9.17, 15) is 9.59 Å². The molecule has 0 heterocycles. The maximum Gasteiger partial charge on any atom is 0.415 e. The molecule has 0 bridgehead atoms. The van der Waals surface area contributed by atoms with Gasteiger partial charge in [-0.25, -0.2) is 9.59 Å². The lowest BCUT2D eigenvalue weighted by Crippen LogP contribution is -2.33. The monoisotopic (exact) mass is 328 g/mol. The summed E-state index contributed by atoms with van der Waals surface area (Å²) in [5.41, 5.74) is 0.469. The van der Waals surface area contributed by atoms with E-state index in [1.54, 1.807) is 36.1 Å². The molecule has 1 aromatic carbocycles. The molecule has 0 aliphatic rings. The van der Waals surface area contributed by atoms with Gasteiger partial charge in [0.15, 0.2) is 0 Å². The summed E-state index contributed by atoms with van der Waals surface area (Å²) in [4.78, 5) is 25.0. The van der Waals surface area contributed by atoms with Gasteiger partial charge in [0.25, 0.3) is 0 Å². The molecule has 122 valence electrons. The normalized spacial score (nSPS) is 11.5. The number of nitrogens with zero attached hydrogens (tertiary/aromatic N) is 1. The number of halogens is 1. The molecule has 0 aromatic heterocycles. The summed E-state index contributed by atoms with van der Waals surface area (Å²) in [6, 6.07) is 6.53. The van der Waals surface area contributed by atoms with Gasteiger partial charge in [-0.05, 0) is 32.9 Å². The van der Waals surface area contributed by atoms with Crippen LogP contribution in [0.5, 0.6) is 5.75 Å². The van der Waals surface area contributed by atoms with Crippen molar-refractivity contribution in [1.29, 1.82) is 0 Å². The zero-order chi connectivity index (χ0) is 16.5. The van der Waals surface area contributed by atoms with Crippen molar-refractivity contribution in [1.82, 2.24) is 4.90 Å². The van der Waals surface area contributed by atoms with Gasteiger partial charge in [-0.2, -0.15) is 0 Å². The quantitative estimate of drug-likeness (QED) is 0.808. The van der Waals surface area contributed by atoms with Crippen LogP contribution in [0.3, 0.4) is 0 Å². The molecule has 1 unspecified atom stereocenters. The van der Waals surface area contributed by atoms with Gasteiger partial charge in [0.05, 0.1) is 5.88 Å². The Labute approximate surface area is 135 Å². The summed E-state index contributed by atoms with van der Waals surface area (Å²) in [6.45, 7) is 6.56. The first-order chi connectivity index (χ1) is 10.5. The largest absolute Gasteiger partial charge is 0.445 e. The molecule has 0 fully saturated rings. The Morgan fingerprint density at radius 2 is 2.00 bits per heavy atom. The van der Waals surface area contributed by atoms with Gasteiger partial charge in [-0.3, -0.25) is 5.32 Å². The number of carbonyl (C=O) groups excluding carboxylic acids is 2. The summed E-state index contributed by atoms with van der Waals surface area (Å²) >= 11 is 5.57. The van der Waals surface area contributed by atoms with Crippen molar-refractivity contribution < 1.29 is 19.1 Å². The van der Waals surface area contributed by atoms with Crippen LogP contribution in [0.2, 0.25) is 0 Å². The number of anilines is 1. The van der Waals surface area contributed by atoms with Crippen LogP contribution in [0.4, 0.5) is 15.3 Å². The second kappa shape index (κ2) is 9.15. The summed E-state index contributed by atoms with van der Waals surface area (Å²) in [5.74, 6) is 0.565. The van der Waals surface area contributed by atoms with Crippen LogP contribution in [0.25, 0.3) is 0 Å². The fourth-order valence-corrected chi connectivity index (χ4v) is 1.71. The summed E-state index contributed by atoms with van der Waals surface area (Å²) < 4.78 is 10.3. The van der Waals surface area contributed by atoms with E-state index in [1.165, 1.54) is 0 Å². The lowest BCUT2D eigenvalue weighted by atomic mass is 10.3. The molecular weight excluding hydrogens is 308 g/mol. The van der Waals surface area contributed by atoms with E-state index in [0.717, 1.165) is 0 Å². The van der Waals surface area contributed by atoms with Gasteiger partial charge in [-0.15, -0.1) is 11.6 Å². The predicted octanol–water partition coefficient (Wildman–Crippen LogP) is 3.70. The van der Waals surface area contributed by atoms with Gasteiger partial charge in [-0.1, -0.05) is 6.07 Å². The maximum absolute atomic E-state index is 11.9. The number of hydrogen-bond donors (Lipinski definition) is 1. The highest BCUT2D eigenvalue weighted by Gasteiger charge is 2.13. The van der Waals surface area contributed by atoms with Crippen molar-refractivity contribution in [3.8, 4) is 5.75 Å². The molecular formula is C15H21ClN2O4. The smallest absolute Gasteiger partial charge is 0.415 e. The molecule has 0 aliphatic carbocycles. The highest BCUT2D eigenvalue weighted by Crippen LogP contribution is 2.18. The molecule has 2 amide bonds. The molecule has 1 aromatic rings. The predicted molar refractivity (Wildman–Crippen MR) is 85.7 cm³/mol. The molecule has 22 heavy (non-hydrogen) atoms. The van der Waals surface area contributed by atoms with E-state index in [-0.39, 0.29) is 12.0 Å². The topological polar surface area (TPSA) is 67.9 Å². The molecule has 0 aliphatic heterocycles. The number of nitrogens with one attached hydrogen (secondary N) is 1. The maximum atomic E-state index is 11.9. The van der Waals surface area contributed by atoms with Gasteiger partial charge in [0.1, 0.15) is 11.9 Å². The molecule has 0 spiro atoms. The van der Waals surface area contributed by atoms with Gasteiger partial charge < -0.3 is 14.4 Å². The SMILES string of the molecule is CCN(CC)C(=O)Oc1cccc(NC(=O)OC(C)CCl)c1. The molecule has 7 heteroatoms. The first kappa shape index (κ1) is 18.1. The van der Waals surface area contributed by atoms with Crippen molar-refractivity contribution in [2.45, 2.75) is 26.9 Å². The highest BCUT2D eigenvalue weighted by atomic mass is 35.5. The van der Waals surface area contributed by atoms with Crippen LogP contribution in [-0.4, -0.2) is 42.2 Å². The number of ether oxygens (including phenoxy) is 2. The molecule has 0 saturated carbocycles. The molecule has 0 saturated heterocycles. The third-order valence-corrected chi connectivity index (χ3v) is 3.27. The van der Waals surface area contributed by atoms with E-state index in [1.807, 2.05) is 13.8 Å². The average molecular weight is 329 g/mol.